The van der Waals surface area contributed by atoms with Gasteiger partial charge < -0.3 is 14.2 Å². The molecule has 7 heteroatoms. The number of nitrogens with zero attached hydrogens (tertiary/aromatic N) is 2. The predicted molar refractivity (Wildman–Crippen MR) is 164 cm³/mol. The van der Waals surface area contributed by atoms with E-state index in [1.807, 2.05) is 38.1 Å². The highest BCUT2D eigenvalue weighted by molar-refractivity contribution is 5.71. The molecule has 0 spiro atoms. The molecule has 0 N–H and O–H groups in total. The summed E-state index contributed by atoms with van der Waals surface area (Å²) in [4.78, 5) is 28.3. The first-order valence-corrected chi connectivity index (χ1v) is 14.9. The van der Waals surface area contributed by atoms with Crippen molar-refractivity contribution in [1.82, 2.24) is 9.80 Å². The fourth-order valence-corrected chi connectivity index (χ4v) is 5.64. The topological polar surface area (TPSA) is 68.3 Å². The van der Waals surface area contributed by atoms with Crippen molar-refractivity contribution >= 4 is 12.4 Å². The zero-order valence-electron chi connectivity index (χ0n) is 25.6. The zero-order valence-corrected chi connectivity index (χ0v) is 25.6. The number of hydrogen-bond donors (Lipinski definition) is 0. The maximum absolute atomic E-state index is 12.8. The lowest BCUT2D eigenvalue weighted by Crippen LogP contribution is -2.36. The molecule has 1 heterocycles. The van der Waals surface area contributed by atoms with E-state index in [2.05, 4.69) is 67.1 Å². The van der Waals surface area contributed by atoms with Gasteiger partial charge in [0, 0.05) is 32.1 Å². The van der Waals surface area contributed by atoms with Crippen LogP contribution in [0.1, 0.15) is 71.6 Å². The highest BCUT2D eigenvalue weighted by Crippen LogP contribution is 2.33. The summed E-state index contributed by atoms with van der Waals surface area (Å²) < 4.78 is 17.0. The Hall–Kier alpha value is -3.68. The molecule has 0 saturated heterocycles. The van der Waals surface area contributed by atoms with Crippen LogP contribution in [-0.4, -0.2) is 55.3 Å². The summed E-state index contributed by atoms with van der Waals surface area (Å²) in [5.74, 6) is 0.524. The van der Waals surface area contributed by atoms with Crippen LogP contribution in [-0.2, 0) is 38.7 Å². The predicted octanol–water partition coefficient (Wildman–Crippen LogP) is 6.12. The minimum atomic E-state index is -0.206. The first kappa shape index (κ1) is 31.3. The number of carbonyl (C=O) groups is 2. The molecular formula is C35H44N2O5. The second kappa shape index (κ2) is 15.0. The van der Waals surface area contributed by atoms with Crippen molar-refractivity contribution in [3.8, 4) is 5.75 Å². The minimum absolute atomic E-state index is 0.0778. The Morgan fingerprint density at radius 2 is 1.71 bits per heavy atom. The van der Waals surface area contributed by atoms with Crippen molar-refractivity contribution in [1.29, 1.82) is 0 Å². The first-order chi connectivity index (χ1) is 20.3. The summed E-state index contributed by atoms with van der Waals surface area (Å²) in [7, 11) is 2.12. The Morgan fingerprint density at radius 3 is 2.45 bits per heavy atom. The molecule has 0 aliphatic carbocycles. The number of fused-ring (bicyclic) bond motifs is 1. The van der Waals surface area contributed by atoms with Crippen molar-refractivity contribution in [3.63, 3.8) is 0 Å². The lowest BCUT2D eigenvalue weighted by Gasteiger charge is -2.28. The van der Waals surface area contributed by atoms with Gasteiger partial charge in [0.2, 0.25) is 0 Å². The molecule has 42 heavy (non-hydrogen) atoms. The van der Waals surface area contributed by atoms with E-state index < -0.39 is 0 Å². The molecular weight excluding hydrogens is 528 g/mol. The Labute approximate surface area is 250 Å². The quantitative estimate of drug-likeness (QED) is 0.123. The summed E-state index contributed by atoms with van der Waals surface area (Å²) in [6.07, 6.45) is 0.997. The Bertz CT molecular complexity index is 1360. The van der Waals surface area contributed by atoms with E-state index in [0.29, 0.717) is 26.2 Å². The smallest absolute Gasteiger partial charge is 0.306 e. The summed E-state index contributed by atoms with van der Waals surface area (Å²) in [5.41, 5.74) is 8.16. The highest BCUT2D eigenvalue weighted by atomic mass is 16.5. The lowest BCUT2D eigenvalue weighted by molar-refractivity contribution is -0.143. The molecule has 4 rings (SSSR count). The number of ether oxygens (including phenoxy) is 3. The van der Waals surface area contributed by atoms with Gasteiger partial charge in [0.15, 0.2) is 0 Å². The van der Waals surface area contributed by atoms with Crippen LogP contribution in [0.5, 0.6) is 5.75 Å². The van der Waals surface area contributed by atoms with E-state index in [9.17, 15) is 9.59 Å². The summed E-state index contributed by atoms with van der Waals surface area (Å²) >= 11 is 0. The number of carbonyl (C=O) groups excluding carboxylic acids is 2. The number of aryl methyl sites for hydroxylation is 2. The zero-order chi connectivity index (χ0) is 30.1. The van der Waals surface area contributed by atoms with Gasteiger partial charge in [0.05, 0.1) is 13.0 Å². The summed E-state index contributed by atoms with van der Waals surface area (Å²) in [6, 6.07) is 21.0. The maximum atomic E-state index is 12.8. The third-order valence-electron chi connectivity index (χ3n) is 7.99. The van der Waals surface area contributed by atoms with Crippen LogP contribution < -0.4 is 4.74 Å². The molecule has 3 aromatic carbocycles. The van der Waals surface area contributed by atoms with Crippen LogP contribution in [0.4, 0.5) is 0 Å². The minimum Gasteiger partial charge on any atom is -0.489 e. The third-order valence-corrected chi connectivity index (χ3v) is 7.99. The normalized spacial score (nSPS) is 14.3. The molecule has 1 aliphatic rings. The molecule has 0 bridgehead atoms. The van der Waals surface area contributed by atoms with Gasteiger partial charge in [0.1, 0.15) is 18.6 Å². The Kier molecular flexibility index (Phi) is 11.2. The molecule has 0 saturated carbocycles. The van der Waals surface area contributed by atoms with Crippen molar-refractivity contribution in [2.24, 2.45) is 0 Å². The number of hydrogen-bond acceptors (Lipinski definition) is 7. The van der Waals surface area contributed by atoms with Crippen LogP contribution in [0, 0.1) is 13.8 Å². The van der Waals surface area contributed by atoms with Crippen molar-refractivity contribution in [3.05, 3.63) is 99.6 Å². The number of benzene rings is 3. The molecule has 1 aliphatic heterocycles. The summed E-state index contributed by atoms with van der Waals surface area (Å²) in [5, 5.41) is 0. The van der Waals surface area contributed by atoms with E-state index in [-0.39, 0.29) is 31.1 Å². The van der Waals surface area contributed by atoms with Crippen LogP contribution in [0.2, 0.25) is 0 Å². The van der Waals surface area contributed by atoms with Crippen LogP contribution in [0.15, 0.2) is 60.7 Å². The third kappa shape index (κ3) is 8.20. The number of rotatable bonds is 15. The summed E-state index contributed by atoms with van der Waals surface area (Å²) in [6.45, 7) is 12.1. The van der Waals surface area contributed by atoms with Gasteiger partial charge in [-0.25, -0.2) is 0 Å². The van der Waals surface area contributed by atoms with Crippen LogP contribution >= 0.6 is 0 Å². The van der Waals surface area contributed by atoms with Gasteiger partial charge in [-0.05, 0) is 79.3 Å². The van der Waals surface area contributed by atoms with Gasteiger partial charge in [-0.1, -0.05) is 61.5 Å². The second-order valence-corrected chi connectivity index (χ2v) is 11.3. The van der Waals surface area contributed by atoms with E-state index in [1.165, 1.54) is 11.1 Å². The highest BCUT2D eigenvalue weighted by Gasteiger charge is 2.24. The average molecular weight is 573 g/mol. The Morgan fingerprint density at radius 1 is 0.976 bits per heavy atom. The van der Waals surface area contributed by atoms with Crippen molar-refractivity contribution in [2.45, 2.75) is 72.2 Å². The van der Waals surface area contributed by atoms with E-state index in [0.717, 1.165) is 53.1 Å². The van der Waals surface area contributed by atoms with Crippen LogP contribution in [0.3, 0.4) is 0 Å². The maximum Gasteiger partial charge on any atom is 0.306 e. The van der Waals surface area contributed by atoms with Gasteiger partial charge in [0.25, 0.3) is 6.47 Å². The lowest BCUT2D eigenvalue weighted by atomic mass is 9.85. The first-order valence-electron chi connectivity index (χ1n) is 14.9. The largest absolute Gasteiger partial charge is 0.489 e. The molecule has 0 aromatic heterocycles. The molecule has 0 amide bonds. The van der Waals surface area contributed by atoms with E-state index >= 15 is 0 Å². The fraction of sp³-hybridized carbons (Fsp3) is 0.429. The number of para-hydroxylation sites is 1. The van der Waals surface area contributed by atoms with E-state index in [4.69, 9.17) is 14.2 Å². The van der Waals surface area contributed by atoms with Gasteiger partial charge >= 0.3 is 5.97 Å². The molecule has 7 nitrogen and oxygen atoms in total. The monoisotopic (exact) mass is 572 g/mol. The SMILES string of the molecule is CCOC(=O)CC(c1ccc(C)c(CN(COC=O)C[C@@H](CC)Oc2ccccc2C)c1)c1ccc2c(c1)CN(C)C2. The molecule has 0 radical (unpaired) electrons. The molecule has 224 valence electrons. The van der Waals surface area contributed by atoms with Crippen molar-refractivity contribution < 1.29 is 23.8 Å². The van der Waals surface area contributed by atoms with Gasteiger partial charge in [-0.3, -0.25) is 19.4 Å². The van der Waals surface area contributed by atoms with Gasteiger partial charge in [-0.2, -0.15) is 0 Å². The molecule has 0 fully saturated rings. The van der Waals surface area contributed by atoms with E-state index in [1.54, 1.807) is 0 Å². The second-order valence-electron chi connectivity index (χ2n) is 11.3. The number of esters is 1. The molecule has 2 atom stereocenters. The fourth-order valence-electron chi connectivity index (χ4n) is 5.64. The Balaban J connectivity index is 1.60. The average Bonchev–Trinajstić information content (AvgIpc) is 3.35. The van der Waals surface area contributed by atoms with Gasteiger partial charge in [-0.15, -0.1) is 0 Å². The van der Waals surface area contributed by atoms with Crippen LogP contribution in [0.25, 0.3) is 0 Å². The molecule has 1 unspecified atom stereocenters. The standard InChI is InChI=1S/C35H44N2O5/c1-6-32(42-34-11-9-8-10-26(34)4)22-37(23-40-24-38)21-30-16-27(13-12-25(30)3)33(18-35(39)41-7-2)28-14-15-29-19-36(5)20-31(29)17-28/h8-17,24,32-33H,6-7,18-23H2,1-5H3/t32-,33?/m1/s1. The molecule has 3 aromatic rings. The van der Waals surface area contributed by atoms with Crippen molar-refractivity contribution in [2.75, 3.05) is 26.9 Å².